The molecule has 6 heteroatoms. The molecule has 0 saturated carbocycles. The molecule has 0 fully saturated rings. The van der Waals surface area contributed by atoms with Crippen molar-refractivity contribution in [1.82, 2.24) is 5.32 Å². The van der Waals surface area contributed by atoms with Gasteiger partial charge in [0, 0.05) is 12.5 Å². The van der Waals surface area contributed by atoms with E-state index in [0.717, 1.165) is 6.07 Å². The lowest BCUT2D eigenvalue weighted by molar-refractivity contribution is -0.119. The third-order valence-corrected chi connectivity index (χ3v) is 2.45. The number of amides is 1. The summed E-state index contributed by atoms with van der Waals surface area (Å²) < 4.78 is 13.5. The van der Waals surface area contributed by atoms with E-state index in [1.807, 2.05) is 0 Å². The van der Waals surface area contributed by atoms with Crippen LogP contribution < -0.4 is 10.6 Å². The first-order chi connectivity index (χ1) is 8.47. The number of nitrogens with one attached hydrogen (secondary N) is 2. The Morgan fingerprint density at radius 2 is 2.11 bits per heavy atom. The Balaban J connectivity index is 2.96. The first kappa shape index (κ1) is 14.1. The number of rotatable bonds is 5. The molecular formula is C12H15FN2O3. The van der Waals surface area contributed by atoms with Gasteiger partial charge < -0.3 is 15.7 Å². The maximum Gasteiger partial charge on any atom is 0.337 e. The van der Waals surface area contributed by atoms with Crippen LogP contribution in [0, 0.1) is 11.7 Å². The SMILES string of the molecule is CNCC(C)C(=O)Nc1c(F)cccc1C(=O)O. The maximum atomic E-state index is 13.5. The van der Waals surface area contributed by atoms with Crippen LogP contribution in [-0.2, 0) is 4.79 Å². The zero-order chi connectivity index (χ0) is 13.7. The molecule has 0 heterocycles. The molecule has 5 nitrogen and oxygen atoms in total. The number of para-hydroxylation sites is 1. The number of carboxylic acid groups (broad SMARTS) is 1. The molecule has 0 spiro atoms. The van der Waals surface area contributed by atoms with Crippen LogP contribution in [0.3, 0.4) is 0 Å². The fourth-order valence-corrected chi connectivity index (χ4v) is 1.47. The van der Waals surface area contributed by atoms with Crippen molar-refractivity contribution in [2.24, 2.45) is 5.92 Å². The van der Waals surface area contributed by atoms with Gasteiger partial charge in [-0.3, -0.25) is 4.79 Å². The van der Waals surface area contributed by atoms with Gasteiger partial charge in [-0.15, -0.1) is 0 Å². The smallest absolute Gasteiger partial charge is 0.337 e. The lowest BCUT2D eigenvalue weighted by atomic mass is 10.1. The monoisotopic (exact) mass is 254 g/mol. The highest BCUT2D eigenvalue weighted by molar-refractivity contribution is 6.01. The summed E-state index contributed by atoms with van der Waals surface area (Å²) in [4.78, 5) is 22.6. The van der Waals surface area contributed by atoms with Gasteiger partial charge in [0.15, 0.2) is 0 Å². The fourth-order valence-electron chi connectivity index (χ4n) is 1.47. The zero-order valence-corrected chi connectivity index (χ0v) is 10.2. The molecule has 0 aliphatic heterocycles. The molecule has 0 saturated heterocycles. The Morgan fingerprint density at radius 3 is 2.67 bits per heavy atom. The summed E-state index contributed by atoms with van der Waals surface area (Å²) in [5, 5.41) is 14.0. The van der Waals surface area contributed by atoms with E-state index >= 15 is 0 Å². The first-order valence-electron chi connectivity index (χ1n) is 5.44. The van der Waals surface area contributed by atoms with Crippen LogP contribution in [0.2, 0.25) is 0 Å². The van der Waals surface area contributed by atoms with Crippen LogP contribution >= 0.6 is 0 Å². The highest BCUT2D eigenvalue weighted by Gasteiger charge is 2.19. The predicted molar refractivity (Wildman–Crippen MR) is 65.1 cm³/mol. The van der Waals surface area contributed by atoms with Crippen molar-refractivity contribution in [3.63, 3.8) is 0 Å². The van der Waals surface area contributed by atoms with Crippen LogP contribution in [0.25, 0.3) is 0 Å². The van der Waals surface area contributed by atoms with Gasteiger partial charge in [-0.1, -0.05) is 13.0 Å². The number of hydrogen-bond acceptors (Lipinski definition) is 3. The Hall–Kier alpha value is -1.95. The highest BCUT2D eigenvalue weighted by atomic mass is 19.1. The molecule has 98 valence electrons. The number of aromatic carboxylic acids is 1. The van der Waals surface area contributed by atoms with Crippen molar-refractivity contribution in [3.8, 4) is 0 Å². The van der Waals surface area contributed by atoms with Gasteiger partial charge in [0.2, 0.25) is 5.91 Å². The van der Waals surface area contributed by atoms with Crippen LogP contribution in [0.1, 0.15) is 17.3 Å². The molecule has 0 bridgehead atoms. The molecule has 0 aromatic heterocycles. The molecule has 1 aromatic rings. The molecule has 1 unspecified atom stereocenters. The third kappa shape index (κ3) is 3.27. The first-order valence-corrected chi connectivity index (χ1v) is 5.44. The van der Waals surface area contributed by atoms with E-state index in [1.54, 1.807) is 14.0 Å². The Kier molecular flexibility index (Phi) is 4.79. The van der Waals surface area contributed by atoms with Gasteiger partial charge in [-0.25, -0.2) is 9.18 Å². The average Bonchev–Trinajstić information content (AvgIpc) is 2.31. The summed E-state index contributed by atoms with van der Waals surface area (Å²) in [5.41, 5.74) is -0.557. The minimum absolute atomic E-state index is 0.264. The van der Waals surface area contributed by atoms with Gasteiger partial charge in [-0.05, 0) is 19.2 Å². The van der Waals surface area contributed by atoms with E-state index in [2.05, 4.69) is 10.6 Å². The summed E-state index contributed by atoms with van der Waals surface area (Å²) in [6.45, 7) is 2.08. The number of carboxylic acids is 1. The Labute approximate surface area is 104 Å². The van der Waals surface area contributed by atoms with Crippen LogP contribution in [0.4, 0.5) is 10.1 Å². The second-order valence-corrected chi connectivity index (χ2v) is 3.92. The topological polar surface area (TPSA) is 78.4 Å². The van der Waals surface area contributed by atoms with E-state index in [9.17, 15) is 14.0 Å². The average molecular weight is 254 g/mol. The number of carbonyl (C=O) groups excluding carboxylic acids is 1. The molecule has 0 radical (unpaired) electrons. The van der Waals surface area contributed by atoms with E-state index in [4.69, 9.17) is 5.11 Å². The van der Waals surface area contributed by atoms with Gasteiger partial charge in [-0.2, -0.15) is 0 Å². The number of hydrogen-bond donors (Lipinski definition) is 3. The Morgan fingerprint density at radius 1 is 1.44 bits per heavy atom. The lowest BCUT2D eigenvalue weighted by Gasteiger charge is -2.13. The summed E-state index contributed by atoms with van der Waals surface area (Å²) in [6, 6.07) is 3.63. The minimum Gasteiger partial charge on any atom is -0.478 e. The number of benzene rings is 1. The van der Waals surface area contributed by atoms with Crippen molar-refractivity contribution in [1.29, 1.82) is 0 Å². The van der Waals surface area contributed by atoms with Crippen molar-refractivity contribution in [2.45, 2.75) is 6.92 Å². The van der Waals surface area contributed by atoms with E-state index < -0.39 is 23.6 Å². The molecule has 18 heavy (non-hydrogen) atoms. The third-order valence-electron chi connectivity index (χ3n) is 2.45. The highest BCUT2D eigenvalue weighted by Crippen LogP contribution is 2.20. The van der Waals surface area contributed by atoms with Crippen molar-refractivity contribution >= 4 is 17.6 Å². The number of carbonyl (C=O) groups is 2. The van der Waals surface area contributed by atoms with Crippen LogP contribution in [0.15, 0.2) is 18.2 Å². The standard InChI is InChI=1S/C12H15FN2O3/c1-7(6-14-2)11(16)15-10-8(12(17)18)4-3-5-9(10)13/h3-5,7,14H,6H2,1-2H3,(H,15,16)(H,17,18). The van der Waals surface area contributed by atoms with Crippen molar-refractivity contribution < 1.29 is 19.1 Å². The summed E-state index contributed by atoms with van der Waals surface area (Å²) in [5.74, 6) is -2.88. The van der Waals surface area contributed by atoms with Gasteiger partial charge in [0.1, 0.15) is 5.82 Å². The number of anilines is 1. The van der Waals surface area contributed by atoms with Gasteiger partial charge >= 0.3 is 5.97 Å². The lowest BCUT2D eigenvalue weighted by Crippen LogP contribution is -2.29. The molecule has 1 atom stereocenters. The van der Waals surface area contributed by atoms with Crippen molar-refractivity contribution in [3.05, 3.63) is 29.6 Å². The molecule has 3 N–H and O–H groups in total. The molecule has 1 amide bonds. The molecule has 1 rings (SSSR count). The molecule has 1 aromatic carbocycles. The Bertz CT molecular complexity index is 463. The zero-order valence-electron chi connectivity index (χ0n) is 10.2. The summed E-state index contributed by atoms with van der Waals surface area (Å²) >= 11 is 0. The van der Waals surface area contributed by atoms with Crippen molar-refractivity contribution in [2.75, 3.05) is 18.9 Å². The second-order valence-electron chi connectivity index (χ2n) is 3.92. The van der Waals surface area contributed by atoms with Gasteiger partial charge in [0.25, 0.3) is 0 Å². The largest absolute Gasteiger partial charge is 0.478 e. The maximum absolute atomic E-state index is 13.5. The quantitative estimate of drug-likeness (QED) is 0.740. The molecule has 0 aliphatic carbocycles. The molecular weight excluding hydrogens is 239 g/mol. The predicted octanol–water partition coefficient (Wildman–Crippen LogP) is 1.32. The summed E-state index contributed by atoms with van der Waals surface area (Å²) in [6.07, 6.45) is 0. The normalized spacial score (nSPS) is 11.9. The van der Waals surface area contributed by atoms with Crippen LogP contribution in [-0.4, -0.2) is 30.6 Å². The summed E-state index contributed by atoms with van der Waals surface area (Å²) in [7, 11) is 1.69. The fraction of sp³-hybridized carbons (Fsp3) is 0.333. The molecule has 0 aliphatic rings. The van der Waals surface area contributed by atoms with E-state index in [1.165, 1.54) is 12.1 Å². The van der Waals surface area contributed by atoms with Crippen LogP contribution in [0.5, 0.6) is 0 Å². The van der Waals surface area contributed by atoms with E-state index in [0.29, 0.717) is 6.54 Å². The number of halogens is 1. The second kappa shape index (κ2) is 6.11. The van der Waals surface area contributed by atoms with Gasteiger partial charge in [0.05, 0.1) is 11.3 Å². The van der Waals surface area contributed by atoms with E-state index in [-0.39, 0.29) is 11.3 Å². The minimum atomic E-state index is -1.29.